The fourth-order valence-corrected chi connectivity index (χ4v) is 4.58. The van der Waals surface area contributed by atoms with E-state index in [1.54, 1.807) is 30.8 Å². The Morgan fingerprint density at radius 1 is 1.20 bits per heavy atom. The Morgan fingerprint density at radius 2 is 1.93 bits per heavy atom. The molecule has 6 nitrogen and oxygen atoms in total. The highest BCUT2D eigenvalue weighted by molar-refractivity contribution is 8.01. The number of thioether (sulfide) groups is 1. The number of para-hydroxylation sites is 1. The zero-order valence-electron chi connectivity index (χ0n) is 16.4. The van der Waals surface area contributed by atoms with E-state index in [-0.39, 0.29) is 22.5 Å². The van der Waals surface area contributed by atoms with Gasteiger partial charge in [0.2, 0.25) is 0 Å². The van der Waals surface area contributed by atoms with Crippen LogP contribution in [-0.4, -0.2) is 22.0 Å². The van der Waals surface area contributed by atoms with Crippen molar-refractivity contribution in [1.29, 1.82) is 0 Å². The summed E-state index contributed by atoms with van der Waals surface area (Å²) in [7, 11) is 0. The second-order valence-electron chi connectivity index (χ2n) is 6.92. The van der Waals surface area contributed by atoms with Crippen LogP contribution in [0.25, 0.3) is 0 Å². The number of esters is 1. The summed E-state index contributed by atoms with van der Waals surface area (Å²) >= 11 is 1.58. The molecular formula is C23H19NO5S. The zero-order valence-corrected chi connectivity index (χ0v) is 17.2. The Hall–Kier alpha value is -3.32. The van der Waals surface area contributed by atoms with E-state index >= 15 is 0 Å². The molecule has 0 amide bonds. The molecule has 0 radical (unpaired) electrons. The van der Waals surface area contributed by atoms with Crippen LogP contribution in [0.4, 0.5) is 5.69 Å². The third-order valence-corrected chi connectivity index (χ3v) is 5.87. The first-order chi connectivity index (χ1) is 14.4. The average molecular weight is 421 g/mol. The number of carbonyl (C=O) groups is 1. The van der Waals surface area contributed by atoms with E-state index in [9.17, 15) is 14.7 Å². The van der Waals surface area contributed by atoms with Gasteiger partial charge >= 0.3 is 11.6 Å². The molecule has 4 rings (SSSR count). The molecule has 1 aromatic heterocycles. The van der Waals surface area contributed by atoms with Crippen LogP contribution in [0.5, 0.6) is 11.5 Å². The summed E-state index contributed by atoms with van der Waals surface area (Å²) in [5.41, 5.74) is 1.68. The second-order valence-corrected chi connectivity index (χ2v) is 8.16. The lowest BCUT2D eigenvalue weighted by atomic mass is 10.0. The van der Waals surface area contributed by atoms with E-state index in [1.165, 1.54) is 13.0 Å². The van der Waals surface area contributed by atoms with Crippen molar-refractivity contribution < 1.29 is 19.1 Å². The van der Waals surface area contributed by atoms with Gasteiger partial charge in [0.1, 0.15) is 22.8 Å². The lowest BCUT2D eigenvalue weighted by Gasteiger charge is -2.24. The Balaban J connectivity index is 1.73. The lowest BCUT2D eigenvalue weighted by molar-refractivity contribution is -0.131. The predicted molar refractivity (Wildman–Crippen MR) is 115 cm³/mol. The summed E-state index contributed by atoms with van der Waals surface area (Å²) in [6, 6.07) is 16.3. The SMILES string of the molecule is CC(=O)Oc1ccc(CC2Sc3ccccc3N=C2c2c(O)cc(C)oc2=O)cc1. The molecule has 152 valence electrons. The topological polar surface area (TPSA) is 89.1 Å². The third-order valence-electron chi connectivity index (χ3n) is 4.60. The highest BCUT2D eigenvalue weighted by atomic mass is 32.2. The molecule has 0 saturated carbocycles. The second kappa shape index (κ2) is 8.20. The van der Waals surface area contributed by atoms with Crippen molar-refractivity contribution in [2.45, 2.75) is 30.4 Å². The molecule has 1 atom stereocenters. The van der Waals surface area contributed by atoms with Crippen molar-refractivity contribution in [3.63, 3.8) is 0 Å². The molecule has 0 aliphatic carbocycles. The molecule has 0 spiro atoms. The molecule has 2 heterocycles. The van der Waals surface area contributed by atoms with Crippen LogP contribution in [-0.2, 0) is 11.2 Å². The quantitative estimate of drug-likeness (QED) is 0.496. The summed E-state index contributed by atoms with van der Waals surface area (Å²) in [5.74, 6) is 0.290. The highest BCUT2D eigenvalue weighted by Crippen LogP contribution is 2.41. The van der Waals surface area contributed by atoms with E-state index in [0.717, 1.165) is 16.1 Å². The van der Waals surface area contributed by atoms with Crippen LogP contribution < -0.4 is 10.4 Å². The van der Waals surface area contributed by atoms with Gasteiger partial charge in [0.15, 0.2) is 0 Å². The number of nitrogens with zero attached hydrogens (tertiary/aromatic N) is 1. The maximum atomic E-state index is 12.6. The highest BCUT2D eigenvalue weighted by Gasteiger charge is 2.30. The van der Waals surface area contributed by atoms with Crippen LogP contribution in [0.1, 0.15) is 23.8 Å². The fraction of sp³-hybridized carbons (Fsp3) is 0.174. The molecule has 0 fully saturated rings. The summed E-state index contributed by atoms with van der Waals surface area (Å²) < 4.78 is 10.3. The molecule has 3 aromatic rings. The number of aryl methyl sites for hydroxylation is 1. The fourth-order valence-electron chi connectivity index (χ4n) is 3.32. The van der Waals surface area contributed by atoms with E-state index in [0.29, 0.717) is 23.6 Å². The van der Waals surface area contributed by atoms with Crippen molar-refractivity contribution in [1.82, 2.24) is 0 Å². The van der Waals surface area contributed by atoms with Crippen LogP contribution in [0.15, 0.2) is 73.7 Å². The van der Waals surface area contributed by atoms with Gasteiger partial charge in [-0.1, -0.05) is 24.3 Å². The van der Waals surface area contributed by atoms with Crippen molar-refractivity contribution in [2.75, 3.05) is 0 Å². The molecule has 1 aliphatic heterocycles. The smallest absolute Gasteiger partial charge is 0.348 e. The lowest BCUT2D eigenvalue weighted by Crippen LogP contribution is -2.28. The van der Waals surface area contributed by atoms with Crippen molar-refractivity contribution >= 4 is 29.1 Å². The van der Waals surface area contributed by atoms with E-state index in [2.05, 4.69) is 0 Å². The van der Waals surface area contributed by atoms with Gasteiger partial charge in [-0.15, -0.1) is 11.8 Å². The molecule has 1 unspecified atom stereocenters. The number of fused-ring (bicyclic) bond motifs is 1. The van der Waals surface area contributed by atoms with E-state index in [1.807, 2.05) is 36.4 Å². The van der Waals surface area contributed by atoms with E-state index < -0.39 is 5.63 Å². The maximum absolute atomic E-state index is 12.6. The maximum Gasteiger partial charge on any atom is 0.348 e. The molecule has 1 N–H and O–H groups in total. The number of benzene rings is 2. The monoisotopic (exact) mass is 421 g/mol. The number of carbonyl (C=O) groups excluding carboxylic acids is 1. The summed E-state index contributed by atoms with van der Waals surface area (Å²) in [5, 5.41) is 10.3. The summed E-state index contributed by atoms with van der Waals surface area (Å²) in [6.07, 6.45) is 0.560. The summed E-state index contributed by atoms with van der Waals surface area (Å²) in [4.78, 5) is 29.4. The normalized spacial score (nSPS) is 15.3. The first-order valence-corrected chi connectivity index (χ1v) is 10.2. The van der Waals surface area contributed by atoms with Gasteiger partial charge in [-0.05, 0) is 43.2 Å². The van der Waals surface area contributed by atoms with Crippen LogP contribution in [0.2, 0.25) is 0 Å². The minimum absolute atomic E-state index is 0.0872. The molecule has 2 aromatic carbocycles. The number of aliphatic imine (C=N–C) groups is 1. The number of hydrogen-bond donors (Lipinski definition) is 1. The van der Waals surface area contributed by atoms with Crippen LogP contribution in [0.3, 0.4) is 0 Å². The van der Waals surface area contributed by atoms with Gasteiger partial charge in [-0.25, -0.2) is 4.79 Å². The van der Waals surface area contributed by atoms with Gasteiger partial charge < -0.3 is 14.3 Å². The standard InChI is InChI=1S/C23H19NO5S/c1-13-11-18(26)21(23(27)28-13)22-20(30-19-6-4-3-5-17(19)24-22)12-15-7-9-16(10-8-15)29-14(2)25/h3-11,20,26H,12H2,1-2H3. The molecule has 0 saturated heterocycles. The Labute approximate surface area is 177 Å². The summed E-state index contributed by atoms with van der Waals surface area (Å²) in [6.45, 7) is 2.96. The van der Waals surface area contributed by atoms with Gasteiger partial charge in [-0.3, -0.25) is 9.79 Å². The van der Waals surface area contributed by atoms with Crippen molar-refractivity contribution in [3.8, 4) is 11.5 Å². The number of hydrogen-bond acceptors (Lipinski definition) is 7. The van der Waals surface area contributed by atoms with Crippen LogP contribution in [0, 0.1) is 6.92 Å². The number of rotatable bonds is 4. The molecule has 1 aliphatic rings. The van der Waals surface area contributed by atoms with Crippen molar-refractivity contribution in [3.05, 3.63) is 81.9 Å². The Morgan fingerprint density at radius 3 is 2.63 bits per heavy atom. The molecular weight excluding hydrogens is 402 g/mol. The Bertz CT molecular complexity index is 1200. The largest absolute Gasteiger partial charge is 0.507 e. The third kappa shape index (κ3) is 4.16. The predicted octanol–water partition coefficient (Wildman–Crippen LogP) is 4.42. The molecule has 30 heavy (non-hydrogen) atoms. The minimum atomic E-state index is -0.610. The average Bonchev–Trinajstić information content (AvgIpc) is 2.68. The Kier molecular flexibility index (Phi) is 5.46. The van der Waals surface area contributed by atoms with Crippen molar-refractivity contribution in [2.24, 2.45) is 4.99 Å². The van der Waals surface area contributed by atoms with E-state index in [4.69, 9.17) is 14.1 Å². The van der Waals surface area contributed by atoms with Gasteiger partial charge in [0, 0.05) is 17.9 Å². The number of aromatic hydroxyl groups is 1. The first kappa shape index (κ1) is 20.0. The zero-order chi connectivity index (χ0) is 21.3. The van der Waals surface area contributed by atoms with Crippen LogP contribution >= 0.6 is 11.8 Å². The van der Waals surface area contributed by atoms with Gasteiger partial charge in [0.25, 0.3) is 0 Å². The molecule has 7 heteroatoms. The van der Waals surface area contributed by atoms with Gasteiger partial charge in [-0.2, -0.15) is 0 Å². The van der Waals surface area contributed by atoms with Gasteiger partial charge in [0.05, 0.1) is 16.6 Å². The first-order valence-electron chi connectivity index (χ1n) is 9.36. The minimum Gasteiger partial charge on any atom is -0.507 e. The number of ether oxygens (including phenoxy) is 1. The molecule has 0 bridgehead atoms.